The minimum Gasteiger partial charge on any atom is -0.265 e. The molecule has 0 fully saturated rings. The first-order valence-corrected chi connectivity index (χ1v) is 7.29. The Hall–Kier alpha value is -2.12. The summed E-state index contributed by atoms with van der Waals surface area (Å²) in [6.07, 6.45) is 11.0. The standard InChI is InChI=1S/C15H12N3P/c1-7-16-8-2-13(1)19(14-3-9-17-10-4-14)15-5-11-18-12-6-15/h1-12H. The van der Waals surface area contributed by atoms with E-state index in [4.69, 9.17) is 0 Å². The molecule has 0 aliphatic heterocycles. The van der Waals surface area contributed by atoms with Gasteiger partial charge in [0, 0.05) is 37.2 Å². The zero-order chi connectivity index (χ0) is 12.9. The lowest BCUT2D eigenvalue weighted by Gasteiger charge is -2.18. The van der Waals surface area contributed by atoms with Crippen LogP contribution in [0, 0.1) is 0 Å². The maximum Gasteiger partial charge on any atom is 0.0274 e. The van der Waals surface area contributed by atoms with Gasteiger partial charge in [0.1, 0.15) is 0 Å². The fourth-order valence-corrected chi connectivity index (χ4v) is 4.12. The van der Waals surface area contributed by atoms with Crippen LogP contribution in [0.2, 0.25) is 0 Å². The van der Waals surface area contributed by atoms with Crippen LogP contribution in [-0.2, 0) is 0 Å². The molecule has 3 aromatic heterocycles. The van der Waals surface area contributed by atoms with Crippen molar-refractivity contribution in [2.45, 2.75) is 0 Å². The van der Waals surface area contributed by atoms with E-state index >= 15 is 0 Å². The third kappa shape index (κ3) is 2.67. The summed E-state index contributed by atoms with van der Waals surface area (Å²) in [5, 5.41) is 3.84. The van der Waals surface area contributed by atoms with Crippen molar-refractivity contribution in [3.8, 4) is 0 Å². The molecule has 0 aliphatic carbocycles. The van der Waals surface area contributed by atoms with E-state index in [1.807, 2.05) is 37.2 Å². The van der Waals surface area contributed by atoms with Gasteiger partial charge in [-0.05, 0) is 60.2 Å². The summed E-state index contributed by atoms with van der Waals surface area (Å²) < 4.78 is 0. The molecule has 0 N–H and O–H groups in total. The van der Waals surface area contributed by atoms with E-state index in [-0.39, 0.29) is 0 Å². The maximum atomic E-state index is 4.10. The molecule has 3 aromatic rings. The first kappa shape index (κ1) is 11.9. The van der Waals surface area contributed by atoms with Crippen LogP contribution in [0.4, 0.5) is 0 Å². The lowest BCUT2D eigenvalue weighted by Crippen LogP contribution is -2.20. The molecule has 19 heavy (non-hydrogen) atoms. The fraction of sp³-hybridized carbons (Fsp3) is 0. The Kier molecular flexibility index (Phi) is 3.57. The van der Waals surface area contributed by atoms with E-state index in [1.54, 1.807) is 0 Å². The normalized spacial score (nSPS) is 10.6. The van der Waals surface area contributed by atoms with Crippen molar-refractivity contribution in [2.24, 2.45) is 0 Å². The SMILES string of the molecule is c1cc(P(c2ccncc2)c2ccncc2)ccn1. The highest BCUT2D eigenvalue weighted by Crippen LogP contribution is 2.31. The average Bonchev–Trinajstić information content (AvgIpc) is 2.51. The van der Waals surface area contributed by atoms with Gasteiger partial charge in [-0.2, -0.15) is 0 Å². The number of pyridine rings is 3. The topological polar surface area (TPSA) is 38.7 Å². The van der Waals surface area contributed by atoms with Gasteiger partial charge >= 0.3 is 0 Å². The molecule has 3 nitrogen and oxygen atoms in total. The van der Waals surface area contributed by atoms with Crippen molar-refractivity contribution in [2.75, 3.05) is 0 Å². The predicted molar refractivity (Wildman–Crippen MR) is 78.5 cm³/mol. The first-order valence-electron chi connectivity index (χ1n) is 5.95. The third-order valence-electron chi connectivity index (χ3n) is 2.76. The summed E-state index contributed by atoms with van der Waals surface area (Å²) in [5.74, 6) is 0. The Morgan fingerprint density at radius 1 is 0.474 bits per heavy atom. The number of hydrogen-bond donors (Lipinski definition) is 0. The minimum absolute atomic E-state index is 0.566. The van der Waals surface area contributed by atoms with Crippen LogP contribution < -0.4 is 15.9 Å². The molecule has 3 rings (SSSR count). The van der Waals surface area contributed by atoms with E-state index < -0.39 is 7.92 Å². The molecule has 0 saturated heterocycles. The van der Waals surface area contributed by atoms with Crippen molar-refractivity contribution in [3.63, 3.8) is 0 Å². The molecule has 0 radical (unpaired) electrons. The van der Waals surface area contributed by atoms with Gasteiger partial charge in [-0.15, -0.1) is 0 Å². The van der Waals surface area contributed by atoms with Gasteiger partial charge in [0.25, 0.3) is 0 Å². The highest BCUT2D eigenvalue weighted by atomic mass is 31.1. The van der Waals surface area contributed by atoms with Crippen LogP contribution in [-0.4, -0.2) is 15.0 Å². The average molecular weight is 265 g/mol. The summed E-state index contributed by atoms with van der Waals surface area (Å²) in [6, 6.07) is 12.5. The summed E-state index contributed by atoms with van der Waals surface area (Å²) >= 11 is 0. The van der Waals surface area contributed by atoms with E-state index in [9.17, 15) is 0 Å². The highest BCUT2D eigenvalue weighted by molar-refractivity contribution is 7.79. The van der Waals surface area contributed by atoms with Gasteiger partial charge in [-0.1, -0.05) is 0 Å². The quantitative estimate of drug-likeness (QED) is 0.676. The first-order chi connectivity index (χ1) is 9.45. The second-order valence-corrected chi connectivity index (χ2v) is 6.17. The van der Waals surface area contributed by atoms with Crippen LogP contribution in [0.1, 0.15) is 0 Å². The zero-order valence-corrected chi connectivity index (χ0v) is 11.1. The van der Waals surface area contributed by atoms with E-state index in [0.717, 1.165) is 0 Å². The molecule has 0 bridgehead atoms. The van der Waals surface area contributed by atoms with Crippen LogP contribution in [0.15, 0.2) is 73.6 Å². The van der Waals surface area contributed by atoms with Crippen molar-refractivity contribution >= 4 is 23.8 Å². The number of hydrogen-bond acceptors (Lipinski definition) is 3. The van der Waals surface area contributed by atoms with E-state index in [0.29, 0.717) is 0 Å². The Bertz CT molecular complexity index is 535. The van der Waals surface area contributed by atoms with E-state index in [2.05, 4.69) is 51.4 Å². The van der Waals surface area contributed by atoms with Crippen LogP contribution >= 0.6 is 7.92 Å². The van der Waals surface area contributed by atoms with E-state index in [1.165, 1.54) is 15.9 Å². The molecular formula is C15H12N3P. The summed E-state index contributed by atoms with van der Waals surface area (Å²) in [5.41, 5.74) is 0. The zero-order valence-electron chi connectivity index (χ0n) is 10.2. The molecular weight excluding hydrogens is 253 g/mol. The second-order valence-electron chi connectivity index (χ2n) is 3.95. The highest BCUT2D eigenvalue weighted by Gasteiger charge is 2.15. The molecule has 0 spiro atoms. The van der Waals surface area contributed by atoms with Crippen LogP contribution in [0.25, 0.3) is 0 Å². The van der Waals surface area contributed by atoms with Crippen molar-refractivity contribution in [3.05, 3.63) is 73.6 Å². The lowest BCUT2D eigenvalue weighted by molar-refractivity contribution is 1.34. The molecule has 4 heteroatoms. The predicted octanol–water partition coefficient (Wildman–Crippen LogP) is 1.63. The second kappa shape index (κ2) is 5.68. The van der Waals surface area contributed by atoms with Crippen molar-refractivity contribution in [1.82, 2.24) is 15.0 Å². The molecule has 3 heterocycles. The molecule has 0 unspecified atom stereocenters. The molecule has 0 aromatic carbocycles. The van der Waals surface area contributed by atoms with Gasteiger partial charge < -0.3 is 0 Å². The lowest BCUT2D eigenvalue weighted by atomic mass is 10.5. The third-order valence-corrected chi connectivity index (χ3v) is 5.21. The summed E-state index contributed by atoms with van der Waals surface area (Å²) in [4.78, 5) is 12.3. The fourth-order valence-electron chi connectivity index (χ4n) is 1.93. The minimum atomic E-state index is -0.566. The summed E-state index contributed by atoms with van der Waals surface area (Å²) in [6.45, 7) is 0. The molecule has 92 valence electrons. The Morgan fingerprint density at radius 2 is 0.737 bits per heavy atom. The van der Waals surface area contributed by atoms with Crippen molar-refractivity contribution < 1.29 is 0 Å². The molecule has 0 atom stereocenters. The van der Waals surface area contributed by atoms with Crippen LogP contribution in [0.5, 0.6) is 0 Å². The van der Waals surface area contributed by atoms with Crippen LogP contribution in [0.3, 0.4) is 0 Å². The van der Waals surface area contributed by atoms with Gasteiger partial charge in [-0.25, -0.2) is 0 Å². The molecule has 0 saturated carbocycles. The maximum absolute atomic E-state index is 4.10. The van der Waals surface area contributed by atoms with Gasteiger partial charge in [0.05, 0.1) is 0 Å². The van der Waals surface area contributed by atoms with Crippen molar-refractivity contribution in [1.29, 1.82) is 0 Å². The Morgan fingerprint density at radius 3 is 1.00 bits per heavy atom. The number of rotatable bonds is 3. The number of nitrogens with zero attached hydrogens (tertiary/aromatic N) is 3. The van der Waals surface area contributed by atoms with Gasteiger partial charge in [0.15, 0.2) is 0 Å². The number of aromatic nitrogens is 3. The smallest absolute Gasteiger partial charge is 0.0274 e. The molecule has 0 amide bonds. The largest absolute Gasteiger partial charge is 0.265 e. The molecule has 0 aliphatic rings. The Balaban J connectivity index is 2.12. The van der Waals surface area contributed by atoms with Gasteiger partial charge in [-0.3, -0.25) is 15.0 Å². The Labute approximate surface area is 113 Å². The monoisotopic (exact) mass is 265 g/mol. The summed E-state index contributed by atoms with van der Waals surface area (Å²) in [7, 11) is -0.566. The van der Waals surface area contributed by atoms with Gasteiger partial charge in [0.2, 0.25) is 0 Å².